The maximum atomic E-state index is 13.6. The normalized spacial score (nSPS) is 18.6. The van der Waals surface area contributed by atoms with Crippen molar-refractivity contribution in [2.24, 2.45) is 4.99 Å². The summed E-state index contributed by atoms with van der Waals surface area (Å²) in [4.78, 5) is 24.2. The number of aliphatic imine (C=N–C) groups is 1. The minimum Gasteiger partial charge on any atom is -0.384 e. The Morgan fingerprint density at radius 1 is 1.12 bits per heavy atom. The van der Waals surface area contributed by atoms with Crippen LogP contribution in [-0.4, -0.2) is 35.6 Å². The smallest absolute Gasteiger partial charge is 0.269 e. The van der Waals surface area contributed by atoms with Gasteiger partial charge in [0.1, 0.15) is 9.93 Å². The van der Waals surface area contributed by atoms with Gasteiger partial charge in [-0.2, -0.15) is 5.26 Å². The van der Waals surface area contributed by atoms with Crippen molar-refractivity contribution in [2.75, 3.05) is 29.9 Å². The summed E-state index contributed by atoms with van der Waals surface area (Å²) < 4.78 is 0. The fraction of sp³-hybridized carbons (Fsp3) is 0.320. The number of amides is 1. The van der Waals surface area contributed by atoms with Gasteiger partial charge in [0.15, 0.2) is 5.17 Å². The van der Waals surface area contributed by atoms with E-state index in [-0.39, 0.29) is 5.91 Å². The number of fused-ring (bicyclic) bond motifs is 1. The number of nitriles is 1. The molecule has 0 aliphatic carbocycles. The van der Waals surface area contributed by atoms with Crippen molar-refractivity contribution < 1.29 is 4.79 Å². The molecule has 0 saturated carbocycles. The van der Waals surface area contributed by atoms with E-state index in [9.17, 15) is 10.1 Å². The van der Waals surface area contributed by atoms with E-state index in [0.717, 1.165) is 47.2 Å². The molecule has 6 nitrogen and oxygen atoms in total. The third kappa shape index (κ3) is 4.78. The predicted molar refractivity (Wildman–Crippen MR) is 144 cm³/mol. The number of unbranched alkanes of at least 4 members (excludes halogenated alkanes) is 1. The Balaban J connectivity index is 1.79. The number of benzene rings is 2. The molecule has 176 valence electrons. The molecule has 0 spiro atoms. The van der Waals surface area contributed by atoms with Gasteiger partial charge in [0.25, 0.3) is 5.91 Å². The highest BCUT2D eigenvalue weighted by atomic mass is 35.5. The first-order valence-corrected chi connectivity index (χ1v) is 13.4. The number of carbonyl (C=O) groups is 1. The van der Waals surface area contributed by atoms with Crippen LogP contribution in [0.2, 0.25) is 5.02 Å². The van der Waals surface area contributed by atoms with Crippen LogP contribution in [-0.2, 0) is 4.79 Å². The monoisotopic (exact) mass is 511 g/mol. The summed E-state index contributed by atoms with van der Waals surface area (Å²) >= 11 is 9.26. The van der Waals surface area contributed by atoms with E-state index in [2.05, 4.69) is 30.1 Å². The summed E-state index contributed by atoms with van der Waals surface area (Å²) in [6.07, 6.45) is 1.85. The number of rotatable bonds is 7. The molecule has 1 N–H and O–H groups in total. The minimum atomic E-state index is -0.0292. The molecule has 4 rings (SSSR count). The average Bonchev–Trinajstić information content (AvgIpc) is 3.35. The van der Waals surface area contributed by atoms with Crippen molar-refractivity contribution in [1.82, 2.24) is 4.90 Å². The van der Waals surface area contributed by atoms with Gasteiger partial charge < -0.3 is 10.2 Å². The molecule has 0 bridgehead atoms. The van der Waals surface area contributed by atoms with Gasteiger partial charge in [-0.25, -0.2) is 4.99 Å². The van der Waals surface area contributed by atoms with Gasteiger partial charge in [0, 0.05) is 29.6 Å². The molecule has 9 heteroatoms. The van der Waals surface area contributed by atoms with Crippen LogP contribution in [0.15, 0.2) is 56.2 Å². The molecular formula is C25H26ClN5OS2. The zero-order valence-electron chi connectivity index (χ0n) is 19.4. The summed E-state index contributed by atoms with van der Waals surface area (Å²) in [6, 6.07) is 13.4. The lowest BCUT2D eigenvalue weighted by atomic mass is 10.2. The maximum Gasteiger partial charge on any atom is 0.269 e. The highest BCUT2D eigenvalue weighted by Gasteiger charge is 2.39. The van der Waals surface area contributed by atoms with E-state index in [1.807, 2.05) is 31.2 Å². The van der Waals surface area contributed by atoms with Crippen molar-refractivity contribution in [1.29, 1.82) is 5.26 Å². The zero-order valence-corrected chi connectivity index (χ0v) is 21.8. The van der Waals surface area contributed by atoms with E-state index < -0.39 is 0 Å². The SMILES string of the molecule is CCCCN1C(=O)/C(=C2/Sc3ccc(Cl)cc3N2CC)SC1=Nc1cc(C#N)ccc1NCC. The van der Waals surface area contributed by atoms with Crippen molar-refractivity contribution in [3.8, 4) is 6.07 Å². The lowest BCUT2D eigenvalue weighted by Crippen LogP contribution is -2.30. The Hall–Kier alpha value is -2.60. The lowest BCUT2D eigenvalue weighted by Gasteiger charge is -2.19. The van der Waals surface area contributed by atoms with Gasteiger partial charge >= 0.3 is 0 Å². The molecule has 0 aromatic heterocycles. The molecule has 1 amide bonds. The van der Waals surface area contributed by atoms with E-state index in [0.29, 0.717) is 32.9 Å². The van der Waals surface area contributed by atoms with Gasteiger partial charge in [-0.05, 0) is 68.4 Å². The van der Waals surface area contributed by atoms with E-state index in [4.69, 9.17) is 16.6 Å². The Morgan fingerprint density at radius 3 is 2.65 bits per heavy atom. The van der Waals surface area contributed by atoms with Crippen LogP contribution in [0.5, 0.6) is 0 Å². The quantitative estimate of drug-likeness (QED) is 0.412. The van der Waals surface area contributed by atoms with E-state index in [1.165, 1.54) is 11.8 Å². The number of nitrogens with one attached hydrogen (secondary N) is 1. The number of amidine groups is 1. The fourth-order valence-electron chi connectivity index (χ4n) is 3.81. The number of nitrogens with zero attached hydrogens (tertiary/aromatic N) is 4. The third-order valence-corrected chi connectivity index (χ3v) is 8.10. The predicted octanol–water partition coefficient (Wildman–Crippen LogP) is 6.81. The Morgan fingerprint density at radius 2 is 1.94 bits per heavy atom. The fourth-order valence-corrected chi connectivity index (χ4v) is 6.37. The average molecular weight is 512 g/mol. The standard InChI is InChI=1S/C25H26ClN5OS2/c1-4-7-12-31-23(32)22(24-30(6-3)20-14-17(26)9-11-21(20)33-24)34-25(31)29-19-13-16(15-27)8-10-18(19)28-5-2/h8-11,13-14,28H,4-7,12H2,1-3H3/b24-22-,29-25?. The number of thioether (sulfide) groups is 2. The zero-order chi connectivity index (χ0) is 24.2. The van der Waals surface area contributed by atoms with Gasteiger partial charge in [-0.1, -0.05) is 36.7 Å². The molecule has 2 aliphatic heterocycles. The molecule has 0 radical (unpaired) electrons. The van der Waals surface area contributed by atoms with Gasteiger partial charge in [0.2, 0.25) is 0 Å². The van der Waals surface area contributed by atoms with Crippen molar-refractivity contribution >= 4 is 63.3 Å². The summed E-state index contributed by atoms with van der Waals surface area (Å²) in [5.41, 5.74) is 3.05. The molecular weight excluding hydrogens is 486 g/mol. The van der Waals surface area contributed by atoms with Gasteiger partial charge in [0.05, 0.1) is 28.7 Å². The molecule has 1 fully saturated rings. The van der Waals surface area contributed by atoms with Crippen LogP contribution in [0, 0.1) is 11.3 Å². The topological polar surface area (TPSA) is 71.7 Å². The number of anilines is 2. The summed E-state index contributed by atoms with van der Waals surface area (Å²) in [5, 5.41) is 14.9. The molecule has 2 aromatic rings. The number of halogens is 1. The summed E-state index contributed by atoms with van der Waals surface area (Å²) in [6.45, 7) is 8.25. The van der Waals surface area contributed by atoms with Crippen LogP contribution in [0.25, 0.3) is 0 Å². The van der Waals surface area contributed by atoms with Crippen LogP contribution in [0.4, 0.5) is 17.1 Å². The van der Waals surface area contributed by atoms with Crippen molar-refractivity contribution in [3.05, 3.63) is 56.9 Å². The van der Waals surface area contributed by atoms with Crippen molar-refractivity contribution in [2.45, 2.75) is 38.5 Å². The Kier molecular flexibility index (Phi) is 7.77. The molecule has 2 aliphatic rings. The Labute approximate surface area is 214 Å². The lowest BCUT2D eigenvalue weighted by molar-refractivity contribution is -0.122. The highest BCUT2D eigenvalue weighted by molar-refractivity contribution is 8.19. The molecule has 34 heavy (non-hydrogen) atoms. The van der Waals surface area contributed by atoms with Crippen LogP contribution < -0.4 is 10.2 Å². The largest absolute Gasteiger partial charge is 0.384 e. The van der Waals surface area contributed by atoms with Crippen LogP contribution in [0.3, 0.4) is 0 Å². The second kappa shape index (κ2) is 10.8. The summed E-state index contributed by atoms with van der Waals surface area (Å²) in [5.74, 6) is -0.0292. The minimum absolute atomic E-state index is 0.0292. The molecule has 2 heterocycles. The molecule has 1 saturated heterocycles. The van der Waals surface area contributed by atoms with E-state index in [1.54, 1.807) is 28.8 Å². The first-order valence-electron chi connectivity index (χ1n) is 11.4. The second-order valence-electron chi connectivity index (χ2n) is 7.77. The number of hydrogen-bond donors (Lipinski definition) is 1. The van der Waals surface area contributed by atoms with Gasteiger partial charge in [-0.15, -0.1) is 0 Å². The summed E-state index contributed by atoms with van der Waals surface area (Å²) in [7, 11) is 0. The molecule has 0 unspecified atom stereocenters. The number of carbonyl (C=O) groups excluding carboxylic acids is 1. The van der Waals surface area contributed by atoms with Gasteiger partial charge in [-0.3, -0.25) is 9.69 Å². The first-order chi connectivity index (χ1) is 16.5. The molecule has 0 atom stereocenters. The third-order valence-electron chi connectivity index (χ3n) is 5.48. The first kappa shape index (κ1) is 24.5. The Bertz CT molecular complexity index is 1220. The second-order valence-corrected chi connectivity index (χ2v) is 10.2. The van der Waals surface area contributed by atoms with Crippen molar-refractivity contribution in [3.63, 3.8) is 0 Å². The van der Waals surface area contributed by atoms with Crippen LogP contribution >= 0.6 is 35.1 Å². The maximum absolute atomic E-state index is 13.6. The highest BCUT2D eigenvalue weighted by Crippen LogP contribution is 2.51. The van der Waals surface area contributed by atoms with Crippen LogP contribution in [0.1, 0.15) is 39.2 Å². The number of hydrogen-bond acceptors (Lipinski definition) is 7. The van der Waals surface area contributed by atoms with E-state index >= 15 is 0 Å². The molecule has 2 aromatic carbocycles.